The summed E-state index contributed by atoms with van der Waals surface area (Å²) in [5.74, 6) is -1.90. The molecule has 0 saturated carbocycles. The fourth-order valence-corrected chi connectivity index (χ4v) is 2.77. The lowest BCUT2D eigenvalue weighted by Gasteiger charge is -2.05. The first kappa shape index (κ1) is 21.4. The van der Waals surface area contributed by atoms with E-state index in [1.807, 2.05) is 19.1 Å². The molecular formula is C22H21N3O6. The minimum Gasteiger partial charge on any atom is -0.505 e. The van der Waals surface area contributed by atoms with Gasteiger partial charge in [0.2, 0.25) is 0 Å². The highest BCUT2D eigenvalue weighted by atomic mass is 16.5. The SMILES string of the molecule is C=c1[nH]/c(=C/c2ccc(CNC(=O)C(=O)Nc3ccc(C)cc3)o2)c(O)c1C(=O)OC. The zero-order valence-electron chi connectivity index (χ0n) is 16.9. The van der Waals surface area contributed by atoms with Crippen LogP contribution in [0.15, 0.2) is 40.8 Å². The summed E-state index contributed by atoms with van der Waals surface area (Å²) >= 11 is 0. The van der Waals surface area contributed by atoms with E-state index in [1.54, 1.807) is 24.3 Å². The number of benzene rings is 1. The number of anilines is 1. The van der Waals surface area contributed by atoms with Crippen LogP contribution in [0, 0.1) is 6.92 Å². The fourth-order valence-electron chi connectivity index (χ4n) is 2.77. The van der Waals surface area contributed by atoms with Crippen LogP contribution in [-0.4, -0.2) is 35.0 Å². The Kier molecular flexibility index (Phi) is 6.25. The van der Waals surface area contributed by atoms with Crippen molar-refractivity contribution in [2.75, 3.05) is 12.4 Å². The highest BCUT2D eigenvalue weighted by Crippen LogP contribution is 2.12. The summed E-state index contributed by atoms with van der Waals surface area (Å²) < 4.78 is 10.2. The van der Waals surface area contributed by atoms with Crippen molar-refractivity contribution in [1.82, 2.24) is 10.3 Å². The van der Waals surface area contributed by atoms with E-state index in [1.165, 1.54) is 13.2 Å². The summed E-state index contributed by atoms with van der Waals surface area (Å²) in [7, 11) is 1.20. The second-order valence-corrected chi connectivity index (χ2v) is 6.68. The molecule has 31 heavy (non-hydrogen) atoms. The molecule has 2 amide bonds. The number of nitrogens with one attached hydrogen (secondary N) is 3. The minimum atomic E-state index is -0.811. The summed E-state index contributed by atoms with van der Waals surface area (Å²) in [6.45, 7) is 5.57. The van der Waals surface area contributed by atoms with E-state index in [4.69, 9.17) is 4.42 Å². The standard InChI is InChI=1S/C22H21N3O6/c1-12-4-6-14(7-5-12)25-21(28)20(27)23-11-16-9-8-15(31-16)10-17-19(26)18(13(2)24-17)22(29)30-3/h4-10,24,26H,2,11H2,1,3H3,(H,23,27)(H,25,28)/b17-10+. The largest absolute Gasteiger partial charge is 0.505 e. The molecule has 0 spiro atoms. The summed E-state index contributed by atoms with van der Waals surface area (Å²) in [6.07, 6.45) is 1.46. The van der Waals surface area contributed by atoms with Crippen LogP contribution in [0.3, 0.4) is 0 Å². The number of hydrogen-bond acceptors (Lipinski definition) is 6. The van der Waals surface area contributed by atoms with Gasteiger partial charge in [-0.1, -0.05) is 24.3 Å². The number of carbonyl (C=O) groups is 3. The molecule has 0 aliphatic carbocycles. The third-order valence-corrected chi connectivity index (χ3v) is 4.38. The molecule has 9 nitrogen and oxygen atoms in total. The van der Waals surface area contributed by atoms with Gasteiger partial charge in [-0.15, -0.1) is 0 Å². The van der Waals surface area contributed by atoms with Crippen molar-refractivity contribution < 1.29 is 28.6 Å². The Labute approximate surface area is 177 Å². The van der Waals surface area contributed by atoms with Gasteiger partial charge in [-0.2, -0.15) is 0 Å². The second kappa shape index (κ2) is 9.04. The van der Waals surface area contributed by atoms with Gasteiger partial charge >= 0.3 is 17.8 Å². The average Bonchev–Trinajstić information content (AvgIpc) is 3.31. The van der Waals surface area contributed by atoms with E-state index >= 15 is 0 Å². The van der Waals surface area contributed by atoms with E-state index in [0.717, 1.165) is 5.56 Å². The van der Waals surface area contributed by atoms with Crippen LogP contribution < -0.4 is 21.3 Å². The van der Waals surface area contributed by atoms with Crippen molar-refractivity contribution in [2.24, 2.45) is 0 Å². The number of hydrogen-bond donors (Lipinski definition) is 4. The minimum absolute atomic E-state index is 0.0152. The monoisotopic (exact) mass is 423 g/mol. The number of rotatable bonds is 5. The van der Waals surface area contributed by atoms with Gasteiger partial charge in [0, 0.05) is 17.1 Å². The molecule has 2 aromatic heterocycles. The van der Waals surface area contributed by atoms with Crippen LogP contribution in [0.4, 0.5) is 5.69 Å². The van der Waals surface area contributed by atoms with E-state index in [0.29, 0.717) is 17.2 Å². The van der Waals surface area contributed by atoms with Crippen LogP contribution in [-0.2, 0) is 20.9 Å². The molecule has 1 aromatic carbocycles. The number of aryl methyl sites for hydroxylation is 1. The fraction of sp³-hybridized carbons (Fsp3) is 0.136. The van der Waals surface area contributed by atoms with Gasteiger partial charge in [-0.3, -0.25) is 9.59 Å². The van der Waals surface area contributed by atoms with Gasteiger partial charge in [0.15, 0.2) is 5.75 Å². The Balaban J connectivity index is 1.64. The summed E-state index contributed by atoms with van der Waals surface area (Å²) in [6, 6.07) is 10.3. The zero-order valence-corrected chi connectivity index (χ0v) is 16.9. The number of aromatic amines is 1. The summed E-state index contributed by atoms with van der Waals surface area (Å²) in [5.41, 5.74) is 1.49. The van der Waals surface area contributed by atoms with Gasteiger partial charge in [-0.25, -0.2) is 4.79 Å². The maximum atomic E-state index is 12.0. The van der Waals surface area contributed by atoms with Gasteiger partial charge in [0.1, 0.15) is 17.1 Å². The smallest absolute Gasteiger partial charge is 0.343 e. The molecule has 0 radical (unpaired) electrons. The van der Waals surface area contributed by atoms with Crippen LogP contribution in [0.25, 0.3) is 12.7 Å². The van der Waals surface area contributed by atoms with E-state index in [-0.39, 0.29) is 28.6 Å². The van der Waals surface area contributed by atoms with Crippen LogP contribution in [0.5, 0.6) is 5.75 Å². The Morgan fingerprint density at radius 3 is 2.55 bits per heavy atom. The molecule has 0 fully saturated rings. The highest BCUT2D eigenvalue weighted by Gasteiger charge is 2.17. The second-order valence-electron chi connectivity index (χ2n) is 6.68. The number of ether oxygens (including phenoxy) is 1. The van der Waals surface area contributed by atoms with Crippen molar-refractivity contribution >= 4 is 36.1 Å². The molecule has 0 saturated heterocycles. The van der Waals surface area contributed by atoms with Gasteiger partial charge < -0.3 is 29.9 Å². The predicted octanol–water partition coefficient (Wildman–Crippen LogP) is 0.902. The van der Waals surface area contributed by atoms with Crippen molar-refractivity contribution in [3.05, 3.63) is 69.7 Å². The lowest BCUT2D eigenvalue weighted by atomic mass is 10.2. The zero-order chi connectivity index (χ0) is 22.5. The molecule has 0 bridgehead atoms. The normalized spacial score (nSPS) is 11.2. The molecule has 3 rings (SSSR count). The molecule has 0 atom stereocenters. The quantitative estimate of drug-likeness (QED) is 0.356. The molecule has 0 unspecified atom stereocenters. The molecular weight excluding hydrogens is 402 g/mol. The number of aromatic nitrogens is 1. The Morgan fingerprint density at radius 2 is 1.87 bits per heavy atom. The lowest BCUT2D eigenvalue weighted by Crippen LogP contribution is -2.34. The van der Waals surface area contributed by atoms with Crippen molar-refractivity contribution in [2.45, 2.75) is 13.5 Å². The maximum Gasteiger partial charge on any atom is 0.343 e. The third kappa shape index (κ3) is 5.02. The van der Waals surface area contributed by atoms with Gasteiger partial charge in [0.25, 0.3) is 0 Å². The van der Waals surface area contributed by atoms with Crippen molar-refractivity contribution in [1.29, 1.82) is 0 Å². The number of methoxy groups -OCH3 is 1. The molecule has 2 heterocycles. The molecule has 9 heteroatoms. The average molecular weight is 423 g/mol. The Hall–Kier alpha value is -4.27. The number of amides is 2. The molecule has 3 aromatic rings. The van der Waals surface area contributed by atoms with Crippen LogP contribution >= 0.6 is 0 Å². The van der Waals surface area contributed by atoms with Crippen LogP contribution in [0.2, 0.25) is 0 Å². The number of carbonyl (C=O) groups excluding carboxylic acids is 3. The molecule has 160 valence electrons. The van der Waals surface area contributed by atoms with E-state index < -0.39 is 17.8 Å². The first-order chi connectivity index (χ1) is 14.8. The molecule has 4 N–H and O–H groups in total. The number of esters is 1. The summed E-state index contributed by atoms with van der Waals surface area (Å²) in [4.78, 5) is 38.5. The number of aromatic hydroxyl groups is 1. The number of furan rings is 1. The van der Waals surface area contributed by atoms with Crippen molar-refractivity contribution in [3.63, 3.8) is 0 Å². The Bertz CT molecular complexity index is 1240. The highest BCUT2D eigenvalue weighted by molar-refractivity contribution is 6.39. The lowest BCUT2D eigenvalue weighted by molar-refractivity contribution is -0.136. The van der Waals surface area contributed by atoms with Crippen molar-refractivity contribution in [3.8, 4) is 5.75 Å². The topological polar surface area (TPSA) is 134 Å². The first-order valence-electron chi connectivity index (χ1n) is 9.23. The Morgan fingerprint density at radius 1 is 1.16 bits per heavy atom. The van der Waals surface area contributed by atoms with Crippen LogP contribution in [0.1, 0.15) is 27.4 Å². The van der Waals surface area contributed by atoms with Gasteiger partial charge in [0.05, 0.1) is 19.0 Å². The molecule has 0 aliphatic heterocycles. The van der Waals surface area contributed by atoms with E-state index in [2.05, 4.69) is 26.9 Å². The summed E-state index contributed by atoms with van der Waals surface area (Å²) in [5, 5.41) is 15.6. The number of H-pyrrole nitrogens is 1. The van der Waals surface area contributed by atoms with Gasteiger partial charge in [-0.05, 0) is 31.2 Å². The van der Waals surface area contributed by atoms with E-state index in [9.17, 15) is 19.5 Å². The first-order valence-corrected chi connectivity index (χ1v) is 9.23. The molecule has 0 aliphatic rings. The third-order valence-electron chi connectivity index (χ3n) is 4.38. The maximum absolute atomic E-state index is 12.0. The predicted molar refractivity (Wildman–Crippen MR) is 112 cm³/mol.